The first kappa shape index (κ1) is 9.78. The lowest BCUT2D eigenvalue weighted by atomic mass is 10.5. The SMILES string of the molecule is CSCCN(C)CC(N)=O. The molecule has 0 rings (SSSR count). The van der Waals surface area contributed by atoms with E-state index in [1.54, 1.807) is 11.8 Å². The Bertz CT molecular complexity index is 108. The van der Waals surface area contributed by atoms with Crippen molar-refractivity contribution in [3.63, 3.8) is 0 Å². The average Bonchev–Trinajstić information content (AvgIpc) is 1.82. The molecule has 0 aliphatic rings. The van der Waals surface area contributed by atoms with Crippen molar-refractivity contribution in [2.45, 2.75) is 0 Å². The van der Waals surface area contributed by atoms with Gasteiger partial charge >= 0.3 is 0 Å². The van der Waals surface area contributed by atoms with Crippen LogP contribution in [0.15, 0.2) is 0 Å². The summed E-state index contributed by atoms with van der Waals surface area (Å²) in [6, 6.07) is 0. The molecule has 0 aromatic heterocycles. The van der Waals surface area contributed by atoms with Crippen molar-refractivity contribution in [2.24, 2.45) is 5.73 Å². The maximum Gasteiger partial charge on any atom is 0.231 e. The molecule has 0 fully saturated rings. The molecule has 0 unspecified atom stereocenters. The summed E-state index contributed by atoms with van der Waals surface area (Å²) < 4.78 is 0. The molecule has 0 aliphatic carbocycles. The Hall–Kier alpha value is -0.220. The highest BCUT2D eigenvalue weighted by molar-refractivity contribution is 7.98. The van der Waals surface area contributed by atoms with Gasteiger partial charge in [0.15, 0.2) is 0 Å². The van der Waals surface area contributed by atoms with Gasteiger partial charge in [0.25, 0.3) is 0 Å². The van der Waals surface area contributed by atoms with Gasteiger partial charge in [-0.2, -0.15) is 11.8 Å². The number of nitrogens with zero attached hydrogens (tertiary/aromatic N) is 1. The number of rotatable bonds is 5. The van der Waals surface area contributed by atoms with E-state index in [4.69, 9.17) is 5.73 Å². The molecule has 0 bridgehead atoms. The quantitative estimate of drug-likeness (QED) is 0.607. The first-order valence-corrected chi connectivity index (χ1v) is 4.52. The average molecular weight is 162 g/mol. The lowest BCUT2D eigenvalue weighted by Crippen LogP contribution is -2.32. The van der Waals surface area contributed by atoms with E-state index in [9.17, 15) is 4.79 Å². The molecule has 4 heteroatoms. The van der Waals surface area contributed by atoms with Crippen LogP contribution in [0.3, 0.4) is 0 Å². The predicted octanol–water partition coefficient (Wildman–Crippen LogP) is -0.233. The van der Waals surface area contributed by atoms with E-state index < -0.39 is 0 Å². The normalized spacial score (nSPS) is 10.3. The van der Waals surface area contributed by atoms with E-state index in [1.807, 2.05) is 18.2 Å². The van der Waals surface area contributed by atoms with Crippen LogP contribution >= 0.6 is 11.8 Å². The Morgan fingerprint density at radius 1 is 1.70 bits per heavy atom. The van der Waals surface area contributed by atoms with E-state index in [1.165, 1.54) is 0 Å². The Morgan fingerprint density at radius 3 is 2.70 bits per heavy atom. The number of nitrogens with two attached hydrogens (primary N) is 1. The van der Waals surface area contributed by atoms with E-state index in [-0.39, 0.29) is 5.91 Å². The monoisotopic (exact) mass is 162 g/mol. The molecule has 0 radical (unpaired) electrons. The summed E-state index contributed by atoms with van der Waals surface area (Å²) in [4.78, 5) is 12.3. The summed E-state index contributed by atoms with van der Waals surface area (Å²) in [6.07, 6.45) is 2.04. The zero-order chi connectivity index (χ0) is 7.98. The zero-order valence-electron chi connectivity index (χ0n) is 6.46. The molecule has 0 aromatic rings. The van der Waals surface area contributed by atoms with Gasteiger partial charge in [-0.1, -0.05) is 0 Å². The third kappa shape index (κ3) is 5.91. The van der Waals surface area contributed by atoms with Crippen molar-refractivity contribution in [1.29, 1.82) is 0 Å². The Morgan fingerprint density at radius 2 is 2.30 bits per heavy atom. The van der Waals surface area contributed by atoms with Crippen molar-refractivity contribution in [1.82, 2.24) is 4.90 Å². The number of carbonyl (C=O) groups is 1. The van der Waals surface area contributed by atoms with Crippen molar-refractivity contribution in [3.05, 3.63) is 0 Å². The summed E-state index contributed by atoms with van der Waals surface area (Å²) in [7, 11) is 1.89. The fourth-order valence-corrected chi connectivity index (χ4v) is 1.09. The molecule has 0 heterocycles. The lowest BCUT2D eigenvalue weighted by molar-refractivity contribution is -0.118. The lowest BCUT2D eigenvalue weighted by Gasteiger charge is -2.12. The van der Waals surface area contributed by atoms with Gasteiger partial charge in [-0.3, -0.25) is 9.69 Å². The molecule has 3 nitrogen and oxygen atoms in total. The second-order valence-electron chi connectivity index (χ2n) is 2.20. The van der Waals surface area contributed by atoms with Crippen LogP contribution in [0.25, 0.3) is 0 Å². The largest absolute Gasteiger partial charge is 0.369 e. The molecule has 10 heavy (non-hydrogen) atoms. The van der Waals surface area contributed by atoms with Gasteiger partial charge < -0.3 is 5.73 Å². The molecule has 0 spiro atoms. The van der Waals surface area contributed by atoms with Gasteiger partial charge in [0, 0.05) is 12.3 Å². The highest BCUT2D eigenvalue weighted by atomic mass is 32.2. The number of carbonyl (C=O) groups excluding carboxylic acids is 1. The fourth-order valence-electron chi connectivity index (χ4n) is 0.592. The number of primary amides is 1. The summed E-state index contributed by atoms with van der Waals surface area (Å²) >= 11 is 1.76. The van der Waals surface area contributed by atoms with E-state index in [2.05, 4.69) is 0 Å². The minimum atomic E-state index is -0.261. The van der Waals surface area contributed by atoms with Gasteiger partial charge in [-0.15, -0.1) is 0 Å². The number of hydrogen-bond donors (Lipinski definition) is 1. The topological polar surface area (TPSA) is 46.3 Å². The molecule has 60 valence electrons. The molecular formula is C6H14N2OS. The standard InChI is InChI=1S/C6H14N2OS/c1-8(3-4-10-2)5-6(7)9/h3-5H2,1-2H3,(H2,7,9). The number of amides is 1. The zero-order valence-corrected chi connectivity index (χ0v) is 7.28. The number of hydrogen-bond acceptors (Lipinski definition) is 3. The maximum atomic E-state index is 10.3. The number of thioether (sulfide) groups is 1. The number of likely N-dealkylation sites (N-methyl/N-ethyl adjacent to an activating group) is 1. The summed E-state index contributed by atoms with van der Waals surface area (Å²) in [5.41, 5.74) is 4.98. The molecule has 0 saturated heterocycles. The van der Waals surface area contributed by atoms with Crippen LogP contribution in [-0.4, -0.2) is 43.0 Å². The van der Waals surface area contributed by atoms with E-state index in [0.717, 1.165) is 12.3 Å². The first-order chi connectivity index (χ1) is 4.66. The molecule has 0 saturated carbocycles. The van der Waals surface area contributed by atoms with Crippen molar-refractivity contribution in [3.8, 4) is 0 Å². The summed E-state index contributed by atoms with van der Waals surface area (Å²) in [5, 5.41) is 0. The predicted molar refractivity (Wildman–Crippen MR) is 45.1 cm³/mol. The van der Waals surface area contributed by atoms with Crippen LogP contribution in [0.5, 0.6) is 0 Å². The van der Waals surface area contributed by atoms with Gasteiger partial charge in [0.05, 0.1) is 6.54 Å². The van der Waals surface area contributed by atoms with Crippen LogP contribution in [0.4, 0.5) is 0 Å². The highest BCUT2D eigenvalue weighted by Gasteiger charge is 1.99. The van der Waals surface area contributed by atoms with Crippen LogP contribution in [0, 0.1) is 0 Å². The second kappa shape index (κ2) is 5.56. The third-order valence-electron chi connectivity index (χ3n) is 1.10. The summed E-state index contributed by atoms with van der Waals surface area (Å²) in [6.45, 7) is 1.28. The molecular weight excluding hydrogens is 148 g/mol. The van der Waals surface area contributed by atoms with E-state index >= 15 is 0 Å². The van der Waals surface area contributed by atoms with Gasteiger partial charge in [-0.05, 0) is 13.3 Å². The van der Waals surface area contributed by atoms with Crippen LogP contribution in [0.1, 0.15) is 0 Å². The highest BCUT2D eigenvalue weighted by Crippen LogP contribution is 1.91. The molecule has 0 aromatic carbocycles. The van der Waals surface area contributed by atoms with E-state index in [0.29, 0.717) is 6.54 Å². The summed E-state index contributed by atoms with van der Waals surface area (Å²) in [5.74, 6) is 0.785. The minimum absolute atomic E-state index is 0.261. The Kier molecular flexibility index (Phi) is 5.43. The molecule has 2 N–H and O–H groups in total. The van der Waals surface area contributed by atoms with Gasteiger partial charge in [0.1, 0.15) is 0 Å². The molecule has 0 atom stereocenters. The minimum Gasteiger partial charge on any atom is -0.369 e. The van der Waals surface area contributed by atoms with Gasteiger partial charge in [0.2, 0.25) is 5.91 Å². The smallest absolute Gasteiger partial charge is 0.231 e. The Labute approximate surface area is 65.9 Å². The van der Waals surface area contributed by atoms with Crippen molar-refractivity contribution in [2.75, 3.05) is 32.1 Å². The third-order valence-corrected chi connectivity index (χ3v) is 1.69. The van der Waals surface area contributed by atoms with Crippen molar-refractivity contribution < 1.29 is 4.79 Å². The van der Waals surface area contributed by atoms with Crippen LogP contribution < -0.4 is 5.73 Å². The van der Waals surface area contributed by atoms with Crippen molar-refractivity contribution >= 4 is 17.7 Å². The fraction of sp³-hybridized carbons (Fsp3) is 0.833. The maximum absolute atomic E-state index is 10.3. The molecule has 0 aliphatic heterocycles. The van der Waals surface area contributed by atoms with Crippen LogP contribution in [-0.2, 0) is 4.79 Å². The van der Waals surface area contributed by atoms with Crippen LogP contribution in [0.2, 0.25) is 0 Å². The Balaban J connectivity index is 3.25. The molecule has 1 amide bonds. The van der Waals surface area contributed by atoms with Gasteiger partial charge in [-0.25, -0.2) is 0 Å². The first-order valence-electron chi connectivity index (χ1n) is 3.12. The second-order valence-corrected chi connectivity index (χ2v) is 3.18.